The van der Waals surface area contributed by atoms with Crippen LogP contribution >= 0.6 is 26.8 Å². The fourth-order valence-electron chi connectivity index (χ4n) is 0.166. The molecule has 0 amide bonds. The molecule has 0 atom stereocenters. The molecule has 0 saturated carbocycles. The van der Waals surface area contributed by atoms with Crippen LogP contribution in [0.5, 0.6) is 0 Å². The first-order chi connectivity index (χ1) is 3.92. The van der Waals surface area contributed by atoms with Crippen molar-refractivity contribution in [2.24, 2.45) is 0 Å². The van der Waals surface area contributed by atoms with Crippen molar-refractivity contribution in [3.63, 3.8) is 0 Å². The van der Waals surface area contributed by atoms with Crippen molar-refractivity contribution < 1.29 is 9.90 Å². The van der Waals surface area contributed by atoms with Crippen molar-refractivity contribution in [1.29, 1.82) is 0 Å². The molecule has 1 N–H and O–H groups in total. The van der Waals surface area contributed by atoms with Crippen LogP contribution in [0.2, 0.25) is 0 Å². The van der Waals surface area contributed by atoms with E-state index < -0.39 is 21.0 Å². The van der Waals surface area contributed by atoms with Crippen molar-refractivity contribution in [2.45, 2.75) is 0 Å². The molecule has 2 nitrogen and oxygen atoms in total. The Morgan fingerprint density at radius 1 is 1.44 bits per heavy atom. The van der Waals surface area contributed by atoms with Crippen LogP contribution in [0.4, 0.5) is 0 Å². The van der Waals surface area contributed by atoms with Crippen LogP contribution in [0.1, 0.15) is 0 Å². The minimum atomic E-state index is -3.51. The first kappa shape index (κ1) is 9.88. The zero-order valence-electron chi connectivity index (χ0n) is 4.14. The number of rotatable bonds is 2. The first-order valence-corrected chi connectivity index (χ1v) is 14.4. The molecule has 0 aromatic carbocycles. The molecule has 0 aliphatic carbocycles. The molecule has 0 rings (SSSR count). The normalized spacial score (nSPS) is 12.3. The molecular formula is C3H3Cl3O2Sn. The summed E-state index contributed by atoms with van der Waals surface area (Å²) in [5.41, 5.74) is 0. The fourth-order valence-corrected chi connectivity index (χ4v) is 2.38. The molecule has 0 fully saturated rings. The van der Waals surface area contributed by atoms with Crippen molar-refractivity contribution >= 4 is 47.7 Å². The Morgan fingerprint density at radius 3 is 2.00 bits per heavy atom. The quantitative estimate of drug-likeness (QED) is 0.623. The predicted molar refractivity (Wildman–Crippen MR) is 40.1 cm³/mol. The van der Waals surface area contributed by atoms with E-state index in [4.69, 9.17) is 31.9 Å². The van der Waals surface area contributed by atoms with Gasteiger partial charge in [-0.1, -0.05) is 0 Å². The van der Waals surface area contributed by atoms with Crippen molar-refractivity contribution in [2.75, 3.05) is 0 Å². The molecule has 9 heavy (non-hydrogen) atoms. The fraction of sp³-hybridized carbons (Fsp3) is 0. The van der Waals surface area contributed by atoms with Gasteiger partial charge in [-0.15, -0.1) is 0 Å². The van der Waals surface area contributed by atoms with Crippen molar-refractivity contribution in [1.82, 2.24) is 0 Å². The van der Waals surface area contributed by atoms with Gasteiger partial charge in [-0.05, 0) is 0 Å². The molecule has 0 heterocycles. The van der Waals surface area contributed by atoms with Crippen LogP contribution in [0.15, 0.2) is 10.2 Å². The molecule has 0 spiro atoms. The van der Waals surface area contributed by atoms with Crippen LogP contribution in [0.25, 0.3) is 0 Å². The van der Waals surface area contributed by atoms with Gasteiger partial charge in [0.1, 0.15) is 0 Å². The van der Waals surface area contributed by atoms with Gasteiger partial charge in [0.05, 0.1) is 0 Å². The Balaban J connectivity index is 3.86. The van der Waals surface area contributed by atoms with Crippen LogP contribution in [0, 0.1) is 0 Å². The number of carboxylic acid groups (broad SMARTS) is 1. The van der Waals surface area contributed by atoms with E-state index in [1.54, 1.807) is 0 Å². The SMILES string of the molecule is O=C(O)C=[CH][Sn]([Cl])([Cl])[Cl]. The van der Waals surface area contributed by atoms with E-state index in [0.717, 1.165) is 6.08 Å². The van der Waals surface area contributed by atoms with E-state index in [-0.39, 0.29) is 0 Å². The second-order valence-corrected chi connectivity index (χ2v) is 21.1. The van der Waals surface area contributed by atoms with Gasteiger partial charge in [0.2, 0.25) is 0 Å². The Morgan fingerprint density at radius 2 is 1.89 bits per heavy atom. The molecule has 0 saturated heterocycles. The summed E-state index contributed by atoms with van der Waals surface area (Å²) < 4.78 is 1.17. The molecule has 0 radical (unpaired) electrons. The summed E-state index contributed by atoms with van der Waals surface area (Å²) in [5.74, 6) is -1.09. The summed E-state index contributed by atoms with van der Waals surface area (Å²) in [6, 6.07) is 0. The van der Waals surface area contributed by atoms with E-state index >= 15 is 0 Å². The van der Waals surface area contributed by atoms with Gasteiger partial charge in [0.15, 0.2) is 0 Å². The van der Waals surface area contributed by atoms with E-state index in [2.05, 4.69) is 0 Å². The van der Waals surface area contributed by atoms with Crippen LogP contribution < -0.4 is 0 Å². The average Bonchev–Trinajstić information content (AvgIpc) is 1.59. The average molecular weight is 296 g/mol. The zero-order chi connectivity index (χ0) is 7.49. The second kappa shape index (κ2) is 3.91. The summed E-state index contributed by atoms with van der Waals surface area (Å²) in [6.45, 7) is 0. The number of hydrogen-bond acceptors (Lipinski definition) is 1. The van der Waals surface area contributed by atoms with E-state index in [0.29, 0.717) is 0 Å². The second-order valence-electron chi connectivity index (χ2n) is 1.21. The van der Waals surface area contributed by atoms with Crippen molar-refractivity contribution in [3.05, 3.63) is 10.2 Å². The zero-order valence-corrected chi connectivity index (χ0v) is 9.27. The number of carboxylic acids is 1. The summed E-state index contributed by atoms with van der Waals surface area (Å²) >= 11 is -3.51. The minimum absolute atomic E-state index is 0.864. The Bertz CT molecular complexity index is 138. The number of hydrogen-bond donors (Lipinski definition) is 1. The van der Waals surface area contributed by atoms with Gasteiger partial charge in [-0.25, -0.2) is 0 Å². The molecule has 0 aromatic heterocycles. The van der Waals surface area contributed by atoms with Gasteiger partial charge in [0, 0.05) is 0 Å². The van der Waals surface area contributed by atoms with Gasteiger partial charge in [-0.2, -0.15) is 0 Å². The van der Waals surface area contributed by atoms with Crippen LogP contribution in [-0.4, -0.2) is 26.1 Å². The molecule has 6 heteroatoms. The monoisotopic (exact) mass is 296 g/mol. The number of carbonyl (C=O) groups is 1. The summed E-state index contributed by atoms with van der Waals surface area (Å²) in [7, 11) is 16.1. The standard InChI is InChI=1S/C3H3O2.3ClH.Sn/c1-2-3(4)5;;;;/h1-2H,(H,4,5);3*1H;/q;;;;+3/p-3. The number of halogens is 3. The summed E-state index contributed by atoms with van der Waals surface area (Å²) in [5, 5.41) is 8.05. The van der Waals surface area contributed by atoms with Gasteiger partial charge < -0.3 is 0 Å². The molecule has 0 aliphatic heterocycles. The van der Waals surface area contributed by atoms with Gasteiger partial charge in [-0.3, -0.25) is 0 Å². The van der Waals surface area contributed by atoms with E-state index in [1.165, 1.54) is 4.09 Å². The van der Waals surface area contributed by atoms with E-state index in [9.17, 15) is 4.79 Å². The molecule has 0 aliphatic rings. The molecule has 0 unspecified atom stereocenters. The number of aliphatic carboxylic acids is 1. The summed E-state index contributed by atoms with van der Waals surface area (Å²) in [6.07, 6.45) is 0.864. The Kier molecular flexibility index (Phi) is 4.29. The third-order valence-electron chi connectivity index (χ3n) is 0.415. The predicted octanol–water partition coefficient (Wildman–Crippen LogP) is 1.82. The molecule has 0 bridgehead atoms. The van der Waals surface area contributed by atoms with E-state index in [1.807, 2.05) is 0 Å². The Labute approximate surface area is 67.4 Å². The topological polar surface area (TPSA) is 37.3 Å². The maximum absolute atomic E-state index is 9.82. The first-order valence-electron chi connectivity index (χ1n) is 1.91. The maximum atomic E-state index is 9.82. The Hall–Kier alpha value is 0.879. The molecule has 52 valence electrons. The van der Waals surface area contributed by atoms with Crippen LogP contribution in [-0.2, 0) is 4.79 Å². The molecular weight excluding hydrogens is 293 g/mol. The van der Waals surface area contributed by atoms with Gasteiger partial charge >= 0.3 is 67.8 Å². The van der Waals surface area contributed by atoms with Crippen molar-refractivity contribution in [3.8, 4) is 0 Å². The third kappa shape index (κ3) is 8.88. The van der Waals surface area contributed by atoms with Crippen LogP contribution in [0.3, 0.4) is 0 Å². The third-order valence-corrected chi connectivity index (χ3v) is 4.50. The summed E-state index contributed by atoms with van der Waals surface area (Å²) in [4.78, 5) is 9.82. The molecule has 0 aromatic rings. The van der Waals surface area contributed by atoms with Gasteiger partial charge in [0.25, 0.3) is 0 Å².